The van der Waals surface area contributed by atoms with Crippen molar-refractivity contribution in [2.24, 2.45) is 0 Å². The molecule has 1 heterocycles. The summed E-state index contributed by atoms with van der Waals surface area (Å²) in [7, 11) is 0. The van der Waals surface area contributed by atoms with Gasteiger partial charge in [0, 0.05) is 43.3 Å². The number of urea groups is 1. The molecule has 1 saturated carbocycles. The third kappa shape index (κ3) is 8.05. The lowest BCUT2D eigenvalue weighted by molar-refractivity contribution is -0.253. The minimum atomic E-state index is -0.584. The molecule has 3 aromatic rings. The summed E-state index contributed by atoms with van der Waals surface area (Å²) < 4.78 is 13.1. The molecule has 0 radical (unpaired) electrons. The molecule has 7 nitrogen and oxygen atoms in total. The van der Waals surface area contributed by atoms with Crippen molar-refractivity contribution in [3.8, 4) is 0 Å². The molecule has 2 amide bonds. The first-order valence-electron chi connectivity index (χ1n) is 14.7. The number of nitrogens with zero attached hydrogens (tertiary/aromatic N) is 1. The fraction of sp³-hybridized carbons (Fsp3) is 0.382. The van der Waals surface area contributed by atoms with Crippen LogP contribution in [-0.4, -0.2) is 41.3 Å². The van der Waals surface area contributed by atoms with Crippen molar-refractivity contribution in [2.45, 2.75) is 69.8 Å². The molecule has 1 aliphatic carbocycles. The Morgan fingerprint density at radius 2 is 1.73 bits per heavy atom. The lowest BCUT2D eigenvalue weighted by Gasteiger charge is -2.39. The minimum absolute atomic E-state index is 0.0107. The van der Waals surface area contributed by atoms with E-state index in [4.69, 9.17) is 9.47 Å². The van der Waals surface area contributed by atoms with Crippen LogP contribution < -0.4 is 10.6 Å². The van der Waals surface area contributed by atoms with Gasteiger partial charge in [-0.25, -0.2) is 4.79 Å². The van der Waals surface area contributed by atoms with Gasteiger partial charge in [0.1, 0.15) is 0 Å². The smallest absolute Gasteiger partial charge is 0.319 e. The summed E-state index contributed by atoms with van der Waals surface area (Å²) >= 11 is 0. The quantitative estimate of drug-likeness (QED) is 0.236. The monoisotopic (exact) mass is 555 g/mol. The number of aliphatic hydroxyl groups excluding tert-OH is 1. The molecule has 3 N–H and O–H groups in total. The molecule has 2 aliphatic rings. The Morgan fingerprint density at radius 1 is 0.951 bits per heavy atom. The first-order valence-corrected chi connectivity index (χ1v) is 14.7. The SMILES string of the molecule is C=CCN(CC1CC(c2ccc(CO)cc2)OC(c2cccc(NC(=O)NCc3ccccc3)c2)O1)C1CCCC1. The Hall–Kier alpha value is -3.49. The second kappa shape index (κ2) is 14.4. The second-order valence-electron chi connectivity index (χ2n) is 10.9. The molecule has 0 spiro atoms. The molecular weight excluding hydrogens is 514 g/mol. The van der Waals surface area contributed by atoms with Crippen LogP contribution in [0, 0.1) is 0 Å². The maximum Gasteiger partial charge on any atom is 0.319 e. The Morgan fingerprint density at radius 3 is 2.46 bits per heavy atom. The van der Waals surface area contributed by atoms with Crippen molar-refractivity contribution in [3.05, 3.63) is 114 Å². The number of aliphatic hydroxyl groups is 1. The van der Waals surface area contributed by atoms with E-state index in [0.29, 0.717) is 18.3 Å². The molecule has 0 aromatic heterocycles. The topological polar surface area (TPSA) is 83.1 Å². The normalized spacial score (nSPS) is 21.1. The van der Waals surface area contributed by atoms with Crippen molar-refractivity contribution < 1.29 is 19.4 Å². The Balaban J connectivity index is 1.31. The molecule has 216 valence electrons. The number of benzene rings is 3. The van der Waals surface area contributed by atoms with Gasteiger partial charge >= 0.3 is 6.03 Å². The lowest BCUT2D eigenvalue weighted by atomic mass is 9.99. The standard InChI is InChI=1S/C34H41N3O4/c1-2-19-37(30-13-6-7-14-30)23-31-21-32(27-17-15-26(24-38)16-18-27)41-33(40-31)28-11-8-12-29(20-28)36-34(39)35-22-25-9-4-3-5-10-25/h2-5,8-12,15-18,20,30-33,38H,1,6-7,13-14,19,21-24H2,(H2,35,36,39). The molecule has 7 heteroatoms. The summed E-state index contributed by atoms with van der Waals surface area (Å²) in [5.41, 5.74) is 4.49. The van der Waals surface area contributed by atoms with E-state index in [1.165, 1.54) is 25.7 Å². The van der Waals surface area contributed by atoms with Crippen LogP contribution in [0.3, 0.4) is 0 Å². The molecule has 2 fully saturated rings. The number of anilines is 1. The zero-order valence-corrected chi connectivity index (χ0v) is 23.6. The van der Waals surface area contributed by atoms with Gasteiger partial charge in [0.15, 0.2) is 6.29 Å². The summed E-state index contributed by atoms with van der Waals surface area (Å²) in [5, 5.41) is 15.4. The zero-order chi connectivity index (χ0) is 28.4. The van der Waals surface area contributed by atoms with E-state index in [0.717, 1.165) is 41.8 Å². The van der Waals surface area contributed by atoms with Crippen LogP contribution in [0.2, 0.25) is 0 Å². The maximum atomic E-state index is 12.6. The van der Waals surface area contributed by atoms with Gasteiger partial charge in [-0.1, -0.05) is 85.6 Å². The highest BCUT2D eigenvalue weighted by Gasteiger charge is 2.34. The number of amides is 2. The van der Waals surface area contributed by atoms with Crippen molar-refractivity contribution in [1.29, 1.82) is 0 Å². The molecule has 5 rings (SSSR count). The van der Waals surface area contributed by atoms with Gasteiger partial charge in [0.2, 0.25) is 0 Å². The number of hydrogen-bond acceptors (Lipinski definition) is 5. The van der Waals surface area contributed by atoms with Crippen molar-refractivity contribution >= 4 is 11.7 Å². The Kier molecular flexibility index (Phi) is 10.2. The van der Waals surface area contributed by atoms with Gasteiger partial charge in [0.05, 0.1) is 18.8 Å². The highest BCUT2D eigenvalue weighted by atomic mass is 16.7. The third-order valence-electron chi connectivity index (χ3n) is 7.97. The van der Waals surface area contributed by atoms with E-state index in [1.807, 2.05) is 84.9 Å². The first-order chi connectivity index (χ1) is 20.1. The molecule has 41 heavy (non-hydrogen) atoms. The van der Waals surface area contributed by atoms with Gasteiger partial charge in [-0.05, 0) is 41.7 Å². The summed E-state index contributed by atoms with van der Waals surface area (Å²) in [6.07, 6.45) is 6.91. The van der Waals surface area contributed by atoms with Gasteiger partial charge in [-0.2, -0.15) is 0 Å². The first kappa shape index (κ1) is 29.0. The van der Waals surface area contributed by atoms with E-state index in [9.17, 15) is 9.90 Å². The average molecular weight is 556 g/mol. The highest BCUT2D eigenvalue weighted by Crippen LogP contribution is 2.39. The van der Waals surface area contributed by atoms with Crippen LogP contribution in [0.25, 0.3) is 0 Å². The van der Waals surface area contributed by atoms with E-state index in [2.05, 4.69) is 22.1 Å². The van der Waals surface area contributed by atoms with E-state index < -0.39 is 6.29 Å². The molecule has 3 aromatic carbocycles. The van der Waals surface area contributed by atoms with E-state index in [1.54, 1.807) is 0 Å². The molecular formula is C34H41N3O4. The van der Waals surface area contributed by atoms with Crippen LogP contribution >= 0.6 is 0 Å². The largest absolute Gasteiger partial charge is 0.392 e. The molecule has 3 atom stereocenters. The number of ether oxygens (including phenoxy) is 2. The number of carbonyl (C=O) groups excluding carboxylic acids is 1. The van der Waals surface area contributed by atoms with Crippen LogP contribution in [-0.2, 0) is 22.6 Å². The number of carbonyl (C=O) groups is 1. The predicted molar refractivity (Wildman–Crippen MR) is 161 cm³/mol. The molecule has 1 saturated heterocycles. The molecule has 0 bridgehead atoms. The van der Waals surface area contributed by atoms with Crippen LogP contribution in [0.5, 0.6) is 0 Å². The van der Waals surface area contributed by atoms with Gasteiger partial charge < -0.3 is 25.2 Å². The van der Waals surface area contributed by atoms with Crippen LogP contribution in [0.15, 0.2) is 91.5 Å². The average Bonchev–Trinajstić information content (AvgIpc) is 3.56. The van der Waals surface area contributed by atoms with Gasteiger partial charge in [0.25, 0.3) is 0 Å². The maximum absolute atomic E-state index is 12.6. The lowest BCUT2D eigenvalue weighted by Crippen LogP contribution is -2.43. The van der Waals surface area contributed by atoms with Gasteiger partial charge in [-0.3, -0.25) is 4.90 Å². The van der Waals surface area contributed by atoms with Crippen LogP contribution in [0.1, 0.15) is 66.8 Å². The van der Waals surface area contributed by atoms with Crippen molar-refractivity contribution in [1.82, 2.24) is 10.2 Å². The fourth-order valence-corrected chi connectivity index (χ4v) is 5.82. The number of nitrogens with one attached hydrogen (secondary N) is 2. The highest BCUT2D eigenvalue weighted by molar-refractivity contribution is 5.89. The summed E-state index contributed by atoms with van der Waals surface area (Å²) in [6, 6.07) is 25.7. The molecule has 3 unspecified atom stereocenters. The summed E-state index contributed by atoms with van der Waals surface area (Å²) in [5.74, 6) is 0. The second-order valence-corrected chi connectivity index (χ2v) is 10.9. The molecule has 1 aliphatic heterocycles. The van der Waals surface area contributed by atoms with E-state index >= 15 is 0 Å². The number of rotatable bonds is 11. The third-order valence-corrected chi connectivity index (χ3v) is 7.97. The zero-order valence-electron chi connectivity index (χ0n) is 23.6. The van der Waals surface area contributed by atoms with E-state index in [-0.39, 0.29) is 24.8 Å². The van der Waals surface area contributed by atoms with Crippen molar-refractivity contribution in [2.75, 3.05) is 18.4 Å². The summed E-state index contributed by atoms with van der Waals surface area (Å²) in [6.45, 7) is 6.10. The van der Waals surface area contributed by atoms with Crippen molar-refractivity contribution in [3.63, 3.8) is 0 Å². The Labute approximate surface area is 243 Å². The fourth-order valence-electron chi connectivity index (χ4n) is 5.82. The Bertz CT molecular complexity index is 1260. The van der Waals surface area contributed by atoms with Crippen LogP contribution in [0.4, 0.5) is 10.5 Å². The summed E-state index contributed by atoms with van der Waals surface area (Å²) in [4.78, 5) is 15.1. The number of hydrogen-bond donors (Lipinski definition) is 3. The minimum Gasteiger partial charge on any atom is -0.392 e. The van der Waals surface area contributed by atoms with Gasteiger partial charge in [-0.15, -0.1) is 6.58 Å². The predicted octanol–water partition coefficient (Wildman–Crippen LogP) is 6.48.